The van der Waals surface area contributed by atoms with Gasteiger partial charge in [-0.3, -0.25) is 0 Å². The Bertz CT molecular complexity index is 428. The summed E-state index contributed by atoms with van der Waals surface area (Å²) in [4.78, 5) is 0. The largest absolute Gasteiger partial charge is 0.492 e. The molecule has 1 aromatic carbocycles. The first-order valence-corrected chi connectivity index (χ1v) is 7.83. The van der Waals surface area contributed by atoms with E-state index < -0.39 is 0 Å². The Morgan fingerprint density at radius 2 is 2.21 bits per heavy atom. The molecular formula is C15H20BrNO2. The van der Waals surface area contributed by atoms with Gasteiger partial charge < -0.3 is 14.8 Å². The van der Waals surface area contributed by atoms with E-state index in [-0.39, 0.29) is 0 Å². The number of benzene rings is 1. The Morgan fingerprint density at radius 1 is 1.32 bits per heavy atom. The summed E-state index contributed by atoms with van der Waals surface area (Å²) in [5, 5.41) is 3.54. The molecule has 1 atom stereocenters. The molecule has 0 amide bonds. The Morgan fingerprint density at radius 3 is 2.95 bits per heavy atom. The van der Waals surface area contributed by atoms with Crippen molar-refractivity contribution in [3.63, 3.8) is 0 Å². The minimum atomic E-state index is 0.538. The zero-order valence-electron chi connectivity index (χ0n) is 11.0. The van der Waals surface area contributed by atoms with Crippen molar-refractivity contribution in [1.82, 2.24) is 5.32 Å². The van der Waals surface area contributed by atoms with Gasteiger partial charge in [0, 0.05) is 30.7 Å². The lowest BCUT2D eigenvalue weighted by molar-refractivity contribution is 0.166. The molecule has 1 unspecified atom stereocenters. The molecule has 0 radical (unpaired) electrons. The fourth-order valence-electron chi connectivity index (χ4n) is 2.31. The zero-order chi connectivity index (χ0) is 13.1. The Kier molecular flexibility index (Phi) is 4.41. The van der Waals surface area contributed by atoms with Gasteiger partial charge in [-0.1, -0.05) is 12.1 Å². The van der Waals surface area contributed by atoms with Crippen molar-refractivity contribution < 1.29 is 9.47 Å². The molecule has 19 heavy (non-hydrogen) atoms. The minimum absolute atomic E-state index is 0.538. The number of ether oxygens (including phenoxy) is 2. The van der Waals surface area contributed by atoms with Gasteiger partial charge in [0.25, 0.3) is 0 Å². The number of halogens is 1. The third kappa shape index (κ3) is 3.71. The molecule has 2 fully saturated rings. The lowest BCUT2D eigenvalue weighted by Crippen LogP contribution is -2.17. The third-order valence-corrected chi connectivity index (χ3v) is 4.32. The van der Waals surface area contributed by atoms with E-state index in [4.69, 9.17) is 9.47 Å². The summed E-state index contributed by atoms with van der Waals surface area (Å²) in [5.41, 5.74) is 1.24. The van der Waals surface area contributed by atoms with Gasteiger partial charge in [-0.05, 0) is 41.3 Å². The van der Waals surface area contributed by atoms with Gasteiger partial charge in [0.05, 0.1) is 17.7 Å². The lowest BCUT2D eigenvalue weighted by atomic mass is 10.1. The van der Waals surface area contributed by atoms with Gasteiger partial charge in [0.15, 0.2) is 0 Å². The van der Waals surface area contributed by atoms with Crippen LogP contribution in [-0.4, -0.2) is 25.9 Å². The van der Waals surface area contributed by atoms with E-state index in [0.29, 0.717) is 5.92 Å². The topological polar surface area (TPSA) is 30.5 Å². The van der Waals surface area contributed by atoms with Gasteiger partial charge in [-0.2, -0.15) is 0 Å². The van der Waals surface area contributed by atoms with Crippen LogP contribution in [0.15, 0.2) is 22.7 Å². The zero-order valence-corrected chi connectivity index (χ0v) is 12.6. The minimum Gasteiger partial charge on any atom is -0.492 e. The van der Waals surface area contributed by atoms with Crippen LogP contribution in [0, 0.1) is 5.92 Å². The van der Waals surface area contributed by atoms with Crippen LogP contribution < -0.4 is 10.1 Å². The molecule has 1 N–H and O–H groups in total. The fraction of sp³-hybridized carbons (Fsp3) is 0.600. The van der Waals surface area contributed by atoms with Gasteiger partial charge in [-0.15, -0.1) is 0 Å². The molecule has 1 saturated heterocycles. The van der Waals surface area contributed by atoms with E-state index in [1.165, 1.54) is 18.4 Å². The average Bonchev–Trinajstić information content (AvgIpc) is 3.10. The van der Waals surface area contributed by atoms with Crippen molar-refractivity contribution in [3.8, 4) is 5.75 Å². The highest BCUT2D eigenvalue weighted by molar-refractivity contribution is 9.10. The highest BCUT2D eigenvalue weighted by Gasteiger charge is 2.21. The maximum atomic E-state index is 6.04. The Balaban J connectivity index is 1.62. The molecular weight excluding hydrogens is 306 g/mol. The molecule has 1 saturated carbocycles. The summed E-state index contributed by atoms with van der Waals surface area (Å²) < 4.78 is 12.5. The van der Waals surface area contributed by atoms with E-state index in [0.717, 1.165) is 49.1 Å². The maximum absolute atomic E-state index is 6.04. The van der Waals surface area contributed by atoms with Gasteiger partial charge >= 0.3 is 0 Å². The molecule has 1 aliphatic heterocycles. The van der Waals surface area contributed by atoms with Crippen LogP contribution in [0.3, 0.4) is 0 Å². The molecule has 1 aromatic rings. The summed E-state index contributed by atoms with van der Waals surface area (Å²) >= 11 is 3.60. The van der Waals surface area contributed by atoms with E-state index in [2.05, 4.69) is 33.4 Å². The van der Waals surface area contributed by atoms with Crippen molar-refractivity contribution in [2.45, 2.75) is 31.8 Å². The monoisotopic (exact) mass is 325 g/mol. The van der Waals surface area contributed by atoms with E-state index >= 15 is 0 Å². The molecule has 0 aromatic heterocycles. The quantitative estimate of drug-likeness (QED) is 0.871. The number of hydrogen-bond acceptors (Lipinski definition) is 3. The van der Waals surface area contributed by atoms with E-state index in [1.807, 2.05) is 6.07 Å². The smallest absolute Gasteiger partial charge is 0.137 e. The summed E-state index contributed by atoms with van der Waals surface area (Å²) in [6.07, 6.45) is 3.73. The van der Waals surface area contributed by atoms with Crippen molar-refractivity contribution in [2.75, 3.05) is 19.8 Å². The van der Waals surface area contributed by atoms with Crippen LogP contribution in [0.4, 0.5) is 0 Å². The van der Waals surface area contributed by atoms with E-state index in [9.17, 15) is 0 Å². The predicted molar refractivity (Wildman–Crippen MR) is 78.4 cm³/mol. The first-order valence-electron chi connectivity index (χ1n) is 7.04. The maximum Gasteiger partial charge on any atom is 0.137 e. The SMILES string of the molecule is Brc1cccc(CNC2CC2)c1OCC1CCOC1. The van der Waals surface area contributed by atoms with Crippen molar-refractivity contribution in [2.24, 2.45) is 5.92 Å². The molecule has 2 aliphatic rings. The first-order chi connectivity index (χ1) is 9.33. The lowest BCUT2D eigenvalue weighted by Gasteiger charge is -2.16. The number of para-hydroxylation sites is 1. The van der Waals surface area contributed by atoms with Gasteiger partial charge in [0.2, 0.25) is 0 Å². The van der Waals surface area contributed by atoms with Crippen LogP contribution in [0.2, 0.25) is 0 Å². The average molecular weight is 326 g/mol. The van der Waals surface area contributed by atoms with Crippen molar-refractivity contribution in [1.29, 1.82) is 0 Å². The molecule has 3 nitrogen and oxygen atoms in total. The second-order valence-electron chi connectivity index (χ2n) is 5.42. The molecule has 4 heteroatoms. The Labute approximate surface area is 122 Å². The van der Waals surface area contributed by atoms with Crippen molar-refractivity contribution in [3.05, 3.63) is 28.2 Å². The van der Waals surface area contributed by atoms with Crippen LogP contribution in [0.1, 0.15) is 24.8 Å². The highest BCUT2D eigenvalue weighted by Crippen LogP contribution is 2.31. The first kappa shape index (κ1) is 13.4. The highest BCUT2D eigenvalue weighted by atomic mass is 79.9. The van der Waals surface area contributed by atoms with Crippen LogP contribution in [0.25, 0.3) is 0 Å². The summed E-state index contributed by atoms with van der Waals surface area (Å²) in [6, 6.07) is 6.97. The second-order valence-corrected chi connectivity index (χ2v) is 6.28. The second kappa shape index (κ2) is 6.25. The van der Waals surface area contributed by atoms with Crippen LogP contribution in [0.5, 0.6) is 5.75 Å². The molecule has 3 rings (SSSR count). The fourth-order valence-corrected chi connectivity index (χ4v) is 2.83. The molecule has 0 bridgehead atoms. The van der Waals surface area contributed by atoms with Gasteiger partial charge in [-0.25, -0.2) is 0 Å². The van der Waals surface area contributed by atoms with Gasteiger partial charge in [0.1, 0.15) is 5.75 Å². The summed E-state index contributed by atoms with van der Waals surface area (Å²) in [7, 11) is 0. The van der Waals surface area contributed by atoms with Crippen molar-refractivity contribution >= 4 is 15.9 Å². The molecule has 1 aliphatic carbocycles. The predicted octanol–water partition coefficient (Wildman–Crippen LogP) is 3.12. The number of rotatable bonds is 6. The van der Waals surface area contributed by atoms with Crippen LogP contribution >= 0.6 is 15.9 Å². The normalized spacial score (nSPS) is 22.7. The van der Waals surface area contributed by atoms with E-state index in [1.54, 1.807) is 0 Å². The standard InChI is InChI=1S/C15H20BrNO2/c16-14-3-1-2-12(8-17-13-4-5-13)15(14)19-10-11-6-7-18-9-11/h1-3,11,13,17H,4-10H2. The number of hydrogen-bond donors (Lipinski definition) is 1. The van der Waals surface area contributed by atoms with Crippen LogP contribution in [-0.2, 0) is 11.3 Å². The molecule has 1 heterocycles. The Hall–Kier alpha value is -0.580. The summed E-state index contributed by atoms with van der Waals surface area (Å²) in [5.74, 6) is 1.53. The molecule has 0 spiro atoms. The summed E-state index contributed by atoms with van der Waals surface area (Å²) in [6.45, 7) is 3.35. The number of nitrogens with one attached hydrogen (secondary N) is 1. The molecule has 104 valence electrons. The third-order valence-electron chi connectivity index (χ3n) is 3.69.